The topological polar surface area (TPSA) is 42.7 Å². The molecular weight excluding hydrogens is 260 g/mol. The fourth-order valence-corrected chi connectivity index (χ4v) is 1.93. The highest BCUT2D eigenvalue weighted by molar-refractivity contribution is 6.31. The molecule has 4 nitrogen and oxygen atoms in total. The fraction of sp³-hybridized carbons (Fsp3) is 0.429. The Balaban J connectivity index is 2.20. The zero-order valence-electron chi connectivity index (χ0n) is 11.7. The highest BCUT2D eigenvalue weighted by Gasteiger charge is 2.11. The second-order valence-corrected chi connectivity index (χ2v) is 5.33. The second kappa shape index (κ2) is 5.72. The molecule has 2 aromatic heterocycles. The van der Waals surface area contributed by atoms with Gasteiger partial charge >= 0.3 is 0 Å². The van der Waals surface area contributed by atoms with Crippen molar-refractivity contribution in [2.24, 2.45) is 0 Å². The number of hydrogen-bond acceptors (Lipinski definition) is 3. The van der Waals surface area contributed by atoms with Gasteiger partial charge in [0.1, 0.15) is 0 Å². The predicted molar refractivity (Wildman–Crippen MR) is 77.8 cm³/mol. The Morgan fingerprint density at radius 2 is 2.05 bits per heavy atom. The molecule has 102 valence electrons. The van der Waals surface area contributed by atoms with E-state index < -0.39 is 0 Å². The monoisotopic (exact) mass is 278 g/mol. The molecule has 0 amide bonds. The Morgan fingerprint density at radius 3 is 2.53 bits per heavy atom. The summed E-state index contributed by atoms with van der Waals surface area (Å²) in [6, 6.07) is 4.49. The molecule has 0 radical (unpaired) electrons. The third-order valence-electron chi connectivity index (χ3n) is 2.94. The van der Waals surface area contributed by atoms with Crippen LogP contribution in [0, 0.1) is 13.8 Å². The summed E-state index contributed by atoms with van der Waals surface area (Å²) in [5.41, 5.74) is 2.90. The van der Waals surface area contributed by atoms with Gasteiger partial charge in [-0.05, 0) is 25.5 Å². The van der Waals surface area contributed by atoms with Gasteiger partial charge in [-0.15, -0.1) is 0 Å². The minimum Gasteiger partial charge on any atom is -0.310 e. The van der Waals surface area contributed by atoms with E-state index in [1.165, 1.54) is 0 Å². The third-order valence-corrected chi connectivity index (χ3v) is 3.49. The van der Waals surface area contributed by atoms with Crippen molar-refractivity contribution in [3.8, 4) is 5.82 Å². The highest BCUT2D eigenvalue weighted by atomic mass is 35.5. The lowest BCUT2D eigenvalue weighted by Gasteiger charge is -2.08. The first-order valence-electron chi connectivity index (χ1n) is 6.39. The van der Waals surface area contributed by atoms with Gasteiger partial charge in [0.15, 0.2) is 5.82 Å². The molecule has 0 saturated carbocycles. The summed E-state index contributed by atoms with van der Waals surface area (Å²) in [4.78, 5) is 4.44. The zero-order chi connectivity index (χ0) is 14.0. The Hall–Kier alpha value is -1.39. The smallest absolute Gasteiger partial charge is 0.153 e. The predicted octanol–water partition coefficient (Wildman–Crippen LogP) is 3.04. The number of halogens is 1. The molecule has 0 aliphatic rings. The molecule has 0 spiro atoms. The van der Waals surface area contributed by atoms with Gasteiger partial charge < -0.3 is 5.32 Å². The molecule has 2 rings (SSSR count). The zero-order valence-corrected chi connectivity index (χ0v) is 12.5. The van der Waals surface area contributed by atoms with E-state index in [-0.39, 0.29) is 0 Å². The average Bonchev–Trinajstić information content (AvgIpc) is 2.65. The SMILES string of the molecule is Cc1nn(-c2ccc(CNC(C)C)cn2)c(C)c1Cl. The molecule has 0 aliphatic heterocycles. The van der Waals surface area contributed by atoms with Gasteiger partial charge in [-0.3, -0.25) is 0 Å². The van der Waals surface area contributed by atoms with Gasteiger partial charge in [-0.1, -0.05) is 31.5 Å². The van der Waals surface area contributed by atoms with Crippen molar-refractivity contribution in [3.05, 3.63) is 40.3 Å². The third kappa shape index (κ3) is 3.14. The van der Waals surface area contributed by atoms with E-state index in [4.69, 9.17) is 11.6 Å². The fourth-order valence-electron chi connectivity index (χ4n) is 1.82. The summed E-state index contributed by atoms with van der Waals surface area (Å²) in [6.07, 6.45) is 1.87. The van der Waals surface area contributed by atoms with Crippen LogP contribution in [0.1, 0.15) is 30.8 Å². The summed E-state index contributed by atoms with van der Waals surface area (Å²) in [7, 11) is 0. The highest BCUT2D eigenvalue weighted by Crippen LogP contribution is 2.21. The molecule has 19 heavy (non-hydrogen) atoms. The molecule has 5 heteroatoms. The summed E-state index contributed by atoms with van der Waals surface area (Å²) >= 11 is 6.14. The standard InChI is InChI=1S/C14H19ClN4/c1-9(2)16-7-12-5-6-13(17-8-12)19-11(4)14(15)10(3)18-19/h5-6,8-9,16H,7H2,1-4H3. The lowest BCUT2D eigenvalue weighted by Crippen LogP contribution is -2.21. The van der Waals surface area contributed by atoms with Crippen LogP contribution in [-0.2, 0) is 6.54 Å². The van der Waals surface area contributed by atoms with Gasteiger partial charge in [0.2, 0.25) is 0 Å². The van der Waals surface area contributed by atoms with E-state index in [0.29, 0.717) is 11.1 Å². The van der Waals surface area contributed by atoms with E-state index in [9.17, 15) is 0 Å². The van der Waals surface area contributed by atoms with Crippen molar-refractivity contribution >= 4 is 11.6 Å². The number of nitrogens with one attached hydrogen (secondary N) is 1. The van der Waals surface area contributed by atoms with Crippen LogP contribution in [0.25, 0.3) is 5.82 Å². The van der Waals surface area contributed by atoms with Crippen LogP contribution < -0.4 is 5.32 Å². The number of hydrogen-bond donors (Lipinski definition) is 1. The largest absolute Gasteiger partial charge is 0.310 e. The molecule has 0 bridgehead atoms. The lowest BCUT2D eigenvalue weighted by molar-refractivity contribution is 0.587. The van der Waals surface area contributed by atoms with Crippen LogP contribution >= 0.6 is 11.6 Å². The molecule has 0 saturated heterocycles. The van der Waals surface area contributed by atoms with Gasteiger partial charge in [0.05, 0.1) is 16.4 Å². The van der Waals surface area contributed by atoms with Crippen molar-refractivity contribution < 1.29 is 0 Å². The normalized spacial score (nSPS) is 11.3. The minimum atomic E-state index is 0.467. The molecule has 2 heterocycles. The maximum atomic E-state index is 6.14. The van der Waals surface area contributed by atoms with Crippen LogP contribution in [0.5, 0.6) is 0 Å². The van der Waals surface area contributed by atoms with E-state index in [0.717, 1.165) is 29.3 Å². The molecule has 0 fully saturated rings. The Kier molecular flexibility index (Phi) is 4.22. The molecule has 0 aromatic carbocycles. The van der Waals surface area contributed by atoms with E-state index in [1.54, 1.807) is 4.68 Å². The van der Waals surface area contributed by atoms with E-state index in [2.05, 4.69) is 35.3 Å². The van der Waals surface area contributed by atoms with Crippen LogP contribution in [-0.4, -0.2) is 20.8 Å². The minimum absolute atomic E-state index is 0.467. The first-order chi connectivity index (χ1) is 8.99. The lowest BCUT2D eigenvalue weighted by atomic mass is 10.2. The van der Waals surface area contributed by atoms with Crippen molar-refractivity contribution in [2.75, 3.05) is 0 Å². The summed E-state index contributed by atoms with van der Waals surface area (Å²) in [6.45, 7) is 8.91. The molecule has 0 atom stereocenters. The Morgan fingerprint density at radius 1 is 1.32 bits per heavy atom. The van der Waals surface area contributed by atoms with Crippen LogP contribution in [0.3, 0.4) is 0 Å². The van der Waals surface area contributed by atoms with Crippen LogP contribution in [0.15, 0.2) is 18.3 Å². The number of rotatable bonds is 4. The number of pyridine rings is 1. The molecule has 2 aromatic rings. The number of nitrogens with zero attached hydrogens (tertiary/aromatic N) is 3. The van der Waals surface area contributed by atoms with Gasteiger partial charge in [0, 0.05) is 18.8 Å². The van der Waals surface area contributed by atoms with Crippen molar-refractivity contribution in [2.45, 2.75) is 40.3 Å². The average molecular weight is 279 g/mol. The summed E-state index contributed by atoms with van der Waals surface area (Å²) in [5.74, 6) is 0.792. The quantitative estimate of drug-likeness (QED) is 0.935. The second-order valence-electron chi connectivity index (χ2n) is 4.96. The molecule has 0 aliphatic carbocycles. The Labute approximate surface area is 118 Å². The van der Waals surface area contributed by atoms with Crippen LogP contribution in [0.2, 0.25) is 5.02 Å². The van der Waals surface area contributed by atoms with Gasteiger partial charge in [-0.25, -0.2) is 9.67 Å². The summed E-state index contributed by atoms with van der Waals surface area (Å²) < 4.78 is 1.78. The summed E-state index contributed by atoms with van der Waals surface area (Å²) in [5, 5.41) is 8.45. The molecule has 1 N–H and O–H groups in total. The maximum absolute atomic E-state index is 6.14. The first kappa shape index (κ1) is 14.0. The van der Waals surface area contributed by atoms with Gasteiger partial charge in [-0.2, -0.15) is 5.10 Å². The van der Waals surface area contributed by atoms with Crippen molar-refractivity contribution in [1.29, 1.82) is 0 Å². The molecular formula is C14H19ClN4. The number of aryl methyl sites for hydroxylation is 1. The van der Waals surface area contributed by atoms with E-state index >= 15 is 0 Å². The number of aromatic nitrogens is 3. The maximum Gasteiger partial charge on any atom is 0.153 e. The van der Waals surface area contributed by atoms with E-state index in [1.807, 2.05) is 26.1 Å². The Bertz CT molecular complexity index is 558. The first-order valence-corrected chi connectivity index (χ1v) is 6.77. The van der Waals surface area contributed by atoms with Crippen molar-refractivity contribution in [3.63, 3.8) is 0 Å². The van der Waals surface area contributed by atoms with Gasteiger partial charge in [0.25, 0.3) is 0 Å². The van der Waals surface area contributed by atoms with Crippen molar-refractivity contribution in [1.82, 2.24) is 20.1 Å². The molecule has 0 unspecified atom stereocenters. The van der Waals surface area contributed by atoms with Crippen LogP contribution in [0.4, 0.5) is 0 Å².